The number of rotatable bonds is 6. The van der Waals surface area contributed by atoms with E-state index in [9.17, 15) is 9.59 Å². The van der Waals surface area contributed by atoms with Crippen molar-refractivity contribution in [1.29, 1.82) is 0 Å². The molecular weight excluding hydrogens is 304 g/mol. The highest BCUT2D eigenvalue weighted by molar-refractivity contribution is 5.97. The molecule has 5 nitrogen and oxygen atoms in total. The summed E-state index contributed by atoms with van der Waals surface area (Å²) in [5.74, 6) is -0.379. The minimum Gasteiger partial charge on any atom is -0.374 e. The molecule has 2 aromatic rings. The minimum absolute atomic E-state index is 0.157. The first kappa shape index (κ1) is 16.2. The Hall–Kier alpha value is -2.66. The van der Waals surface area contributed by atoms with E-state index in [-0.39, 0.29) is 18.4 Å². The van der Waals surface area contributed by atoms with Gasteiger partial charge >= 0.3 is 0 Å². The maximum atomic E-state index is 12.2. The average molecular weight is 324 g/mol. The van der Waals surface area contributed by atoms with Crippen LogP contribution in [-0.2, 0) is 27.4 Å². The van der Waals surface area contributed by atoms with E-state index in [1.807, 2.05) is 60.7 Å². The van der Waals surface area contributed by atoms with Gasteiger partial charge in [0.1, 0.15) is 12.1 Å². The summed E-state index contributed by atoms with van der Waals surface area (Å²) in [5, 5.41) is 5.53. The van der Waals surface area contributed by atoms with Gasteiger partial charge in [0.15, 0.2) is 0 Å². The summed E-state index contributed by atoms with van der Waals surface area (Å²) >= 11 is 0. The van der Waals surface area contributed by atoms with Crippen LogP contribution in [0, 0.1) is 0 Å². The molecule has 2 amide bonds. The van der Waals surface area contributed by atoms with Crippen molar-refractivity contribution >= 4 is 11.8 Å². The van der Waals surface area contributed by atoms with Crippen LogP contribution in [0.2, 0.25) is 0 Å². The lowest BCUT2D eigenvalue weighted by Crippen LogP contribution is -2.63. The summed E-state index contributed by atoms with van der Waals surface area (Å²) in [7, 11) is 0. The van der Waals surface area contributed by atoms with Crippen LogP contribution in [0.5, 0.6) is 0 Å². The lowest BCUT2D eigenvalue weighted by Gasteiger charge is -2.29. The molecule has 0 bridgehead atoms. The maximum Gasteiger partial charge on any atom is 0.245 e. The number of nitrogens with one attached hydrogen (secondary N) is 2. The van der Waals surface area contributed by atoms with Gasteiger partial charge in [0.05, 0.1) is 13.2 Å². The Kier molecular flexibility index (Phi) is 5.23. The van der Waals surface area contributed by atoms with E-state index in [1.165, 1.54) is 0 Å². The highest BCUT2D eigenvalue weighted by Gasteiger charge is 2.33. The first-order valence-electron chi connectivity index (χ1n) is 7.99. The SMILES string of the molecule is O=C1N[C@H](Cc2ccccc2)C(=O)N[C@H]1COCc1ccccc1. The second-order valence-corrected chi connectivity index (χ2v) is 5.81. The van der Waals surface area contributed by atoms with Gasteiger partial charge in [-0.3, -0.25) is 9.59 Å². The van der Waals surface area contributed by atoms with Crippen LogP contribution < -0.4 is 10.6 Å². The molecule has 0 aliphatic carbocycles. The normalized spacial score (nSPS) is 20.3. The number of benzene rings is 2. The van der Waals surface area contributed by atoms with Crippen molar-refractivity contribution in [2.75, 3.05) is 6.61 Å². The zero-order valence-corrected chi connectivity index (χ0v) is 13.3. The molecular formula is C19H20N2O3. The molecule has 0 saturated carbocycles. The summed E-state index contributed by atoms with van der Waals surface area (Å²) < 4.78 is 5.56. The van der Waals surface area contributed by atoms with Crippen molar-refractivity contribution in [3.8, 4) is 0 Å². The highest BCUT2D eigenvalue weighted by Crippen LogP contribution is 2.08. The molecule has 2 aromatic carbocycles. The van der Waals surface area contributed by atoms with E-state index in [4.69, 9.17) is 4.74 Å². The third-order valence-electron chi connectivity index (χ3n) is 3.94. The van der Waals surface area contributed by atoms with Crippen molar-refractivity contribution in [3.05, 3.63) is 71.8 Å². The van der Waals surface area contributed by atoms with E-state index < -0.39 is 12.1 Å². The van der Waals surface area contributed by atoms with Crippen molar-refractivity contribution < 1.29 is 14.3 Å². The number of amides is 2. The number of carbonyl (C=O) groups is 2. The molecule has 0 radical (unpaired) electrons. The Bertz CT molecular complexity index is 688. The highest BCUT2D eigenvalue weighted by atomic mass is 16.5. The number of ether oxygens (including phenoxy) is 1. The van der Waals surface area contributed by atoms with Gasteiger partial charge in [-0.1, -0.05) is 60.7 Å². The zero-order chi connectivity index (χ0) is 16.8. The summed E-state index contributed by atoms with van der Waals surface area (Å²) in [4.78, 5) is 24.4. The predicted molar refractivity (Wildman–Crippen MR) is 90.1 cm³/mol. The van der Waals surface area contributed by atoms with Crippen molar-refractivity contribution in [2.24, 2.45) is 0 Å². The van der Waals surface area contributed by atoms with Gasteiger partial charge in [-0.25, -0.2) is 0 Å². The Morgan fingerprint density at radius 3 is 1.96 bits per heavy atom. The summed E-state index contributed by atoms with van der Waals surface area (Å²) in [6, 6.07) is 18.2. The number of piperazine rings is 1. The van der Waals surface area contributed by atoms with Gasteiger partial charge in [0.25, 0.3) is 0 Å². The monoisotopic (exact) mass is 324 g/mol. The molecule has 5 heteroatoms. The average Bonchev–Trinajstić information content (AvgIpc) is 2.61. The van der Waals surface area contributed by atoms with Gasteiger partial charge in [0.2, 0.25) is 11.8 Å². The molecule has 2 atom stereocenters. The molecule has 3 rings (SSSR count). The first-order valence-corrected chi connectivity index (χ1v) is 7.99. The Morgan fingerprint density at radius 1 is 0.750 bits per heavy atom. The fourth-order valence-electron chi connectivity index (χ4n) is 2.66. The van der Waals surface area contributed by atoms with Crippen LogP contribution in [0.15, 0.2) is 60.7 Å². The van der Waals surface area contributed by atoms with E-state index in [0.29, 0.717) is 13.0 Å². The Morgan fingerprint density at radius 2 is 1.29 bits per heavy atom. The molecule has 0 spiro atoms. The van der Waals surface area contributed by atoms with Crippen LogP contribution in [0.25, 0.3) is 0 Å². The van der Waals surface area contributed by atoms with Crippen LogP contribution in [0.1, 0.15) is 11.1 Å². The molecule has 0 unspecified atom stereocenters. The number of hydrogen-bond acceptors (Lipinski definition) is 3. The van der Waals surface area contributed by atoms with E-state index in [1.54, 1.807) is 0 Å². The van der Waals surface area contributed by atoms with Gasteiger partial charge < -0.3 is 15.4 Å². The standard InChI is InChI=1S/C19H20N2O3/c22-18-16(11-14-7-3-1-4-8-14)20-19(23)17(21-18)13-24-12-15-9-5-2-6-10-15/h1-10,16-17H,11-13H2,(H,20,23)(H,21,22)/t16-,17+/m1/s1. The van der Waals surface area contributed by atoms with Crippen LogP contribution in [-0.4, -0.2) is 30.5 Å². The van der Waals surface area contributed by atoms with E-state index in [2.05, 4.69) is 10.6 Å². The van der Waals surface area contributed by atoms with Crippen LogP contribution in [0.3, 0.4) is 0 Å². The lowest BCUT2D eigenvalue weighted by molar-refractivity contribution is -0.138. The fraction of sp³-hybridized carbons (Fsp3) is 0.263. The van der Waals surface area contributed by atoms with Crippen molar-refractivity contribution in [2.45, 2.75) is 25.1 Å². The van der Waals surface area contributed by atoms with Gasteiger partial charge in [-0.05, 0) is 11.1 Å². The third kappa shape index (κ3) is 4.20. The van der Waals surface area contributed by atoms with E-state index >= 15 is 0 Å². The number of hydrogen-bond donors (Lipinski definition) is 2. The number of carbonyl (C=O) groups excluding carboxylic acids is 2. The molecule has 1 aliphatic rings. The molecule has 1 saturated heterocycles. The fourth-order valence-corrected chi connectivity index (χ4v) is 2.66. The molecule has 2 N–H and O–H groups in total. The van der Waals surface area contributed by atoms with Gasteiger partial charge in [-0.2, -0.15) is 0 Å². The second-order valence-electron chi connectivity index (χ2n) is 5.81. The largest absolute Gasteiger partial charge is 0.374 e. The molecule has 124 valence electrons. The maximum absolute atomic E-state index is 12.2. The van der Waals surface area contributed by atoms with Gasteiger partial charge in [-0.15, -0.1) is 0 Å². The molecule has 1 fully saturated rings. The quantitative estimate of drug-likeness (QED) is 0.845. The Labute approximate surface area is 141 Å². The smallest absolute Gasteiger partial charge is 0.245 e. The lowest BCUT2D eigenvalue weighted by atomic mass is 10.0. The topological polar surface area (TPSA) is 67.4 Å². The molecule has 0 aromatic heterocycles. The van der Waals surface area contributed by atoms with E-state index in [0.717, 1.165) is 11.1 Å². The molecule has 24 heavy (non-hydrogen) atoms. The van der Waals surface area contributed by atoms with Crippen molar-refractivity contribution in [1.82, 2.24) is 10.6 Å². The predicted octanol–water partition coefficient (Wildman–Crippen LogP) is 1.43. The second kappa shape index (κ2) is 7.75. The van der Waals surface area contributed by atoms with Crippen molar-refractivity contribution in [3.63, 3.8) is 0 Å². The van der Waals surface area contributed by atoms with Crippen LogP contribution in [0.4, 0.5) is 0 Å². The molecule has 1 heterocycles. The van der Waals surface area contributed by atoms with Crippen LogP contribution >= 0.6 is 0 Å². The first-order chi connectivity index (χ1) is 11.7. The minimum atomic E-state index is -0.645. The zero-order valence-electron chi connectivity index (χ0n) is 13.3. The summed E-state index contributed by atoms with van der Waals surface area (Å²) in [6.07, 6.45) is 0.482. The Balaban J connectivity index is 1.50. The summed E-state index contributed by atoms with van der Waals surface area (Å²) in [5.41, 5.74) is 2.04. The molecule has 1 aliphatic heterocycles. The third-order valence-corrected chi connectivity index (χ3v) is 3.94. The summed E-state index contributed by atoms with van der Waals surface area (Å²) in [6.45, 7) is 0.568. The van der Waals surface area contributed by atoms with Gasteiger partial charge in [0, 0.05) is 6.42 Å².